The summed E-state index contributed by atoms with van der Waals surface area (Å²) in [6.45, 7) is 5.23. The summed E-state index contributed by atoms with van der Waals surface area (Å²) in [7, 11) is -4.78. The van der Waals surface area contributed by atoms with Crippen LogP contribution in [0.5, 0.6) is 0 Å². The largest absolute Gasteiger partial charge is 0.469 e. The summed E-state index contributed by atoms with van der Waals surface area (Å²) in [5.74, 6) is 0.306. The number of aliphatic hydroxyl groups is 1. The van der Waals surface area contributed by atoms with Crippen LogP contribution < -0.4 is 11.2 Å². The number of hydrogen-bond donors (Lipinski definition) is 4. The van der Waals surface area contributed by atoms with E-state index < -0.39 is 42.6 Å². The Balaban J connectivity index is 0.00000312. The Hall–Kier alpha value is -0.602. The Bertz CT molecular complexity index is 802. The number of phosphoric ester groups is 1. The summed E-state index contributed by atoms with van der Waals surface area (Å²) in [6.07, 6.45) is 1.22. The first-order valence-electron chi connectivity index (χ1n) is 7.02. The van der Waals surface area contributed by atoms with Crippen LogP contribution in [0.15, 0.2) is 21.9 Å². The Morgan fingerprint density at radius 3 is 2.40 bits per heavy atom. The summed E-state index contributed by atoms with van der Waals surface area (Å²) in [6, 6.07) is 1.12. The van der Waals surface area contributed by atoms with Gasteiger partial charge in [0.15, 0.2) is 0 Å². The van der Waals surface area contributed by atoms with Gasteiger partial charge in [-0.15, -0.1) is 0 Å². The molecule has 1 fully saturated rings. The van der Waals surface area contributed by atoms with Crippen molar-refractivity contribution in [3.63, 3.8) is 0 Å². The van der Waals surface area contributed by atoms with Crippen LogP contribution in [-0.2, 0) is 40.6 Å². The molecule has 0 amide bonds. The fourth-order valence-corrected chi connectivity index (χ4v) is 3.24. The normalized spacial score (nSPS) is 33.2. The average molecular weight is 547 g/mol. The minimum absolute atomic E-state index is 0. The zero-order valence-electron chi connectivity index (χ0n) is 14.0. The zero-order valence-corrected chi connectivity index (χ0v) is 17.9. The molecule has 3 atom stereocenters. The van der Waals surface area contributed by atoms with Crippen LogP contribution in [0.3, 0.4) is 0 Å². The molecule has 4 N–H and O–H groups in total. The molecule has 0 saturated carbocycles. The second-order valence-corrected chi connectivity index (χ2v) is 7.50. The number of H-pyrrole nitrogens is 1. The molecule has 1 saturated heterocycles. The molecule has 0 radical (unpaired) electrons. The Morgan fingerprint density at radius 1 is 1.36 bits per heavy atom. The summed E-state index contributed by atoms with van der Waals surface area (Å²) in [5.41, 5.74) is -6.03. The van der Waals surface area contributed by atoms with E-state index in [2.05, 4.69) is 9.51 Å². The molecule has 142 valence electrons. The number of ether oxygens (including phenoxy) is 1. The molecule has 1 aromatic heterocycles. The number of rotatable bonds is 4. The van der Waals surface area contributed by atoms with E-state index in [0.29, 0.717) is 5.92 Å². The molecular formula is C13H20N2O8PW-. The molecule has 0 spiro atoms. The number of nitrogens with one attached hydrogen (secondary N) is 1. The van der Waals surface area contributed by atoms with Gasteiger partial charge in [-0.3, -0.25) is 18.9 Å². The minimum atomic E-state index is -4.78. The van der Waals surface area contributed by atoms with Crippen LogP contribution in [0.2, 0.25) is 0 Å². The second kappa shape index (κ2) is 6.85. The van der Waals surface area contributed by atoms with Gasteiger partial charge in [0.2, 0.25) is 0 Å². The standard InChI is InChI=1S/C13H20N2O8P.W/c1-8-12(3,18)11(2,7-22-24(19,20)21)23-13(8,4)15-6-5-9(16)14-10(15)17;/h5-6,18H,7H2,1-4H3,(H,14,16,17)(H2,19,20,21);/q-1;. The van der Waals surface area contributed by atoms with Gasteiger partial charge in [0.25, 0.3) is 5.56 Å². The van der Waals surface area contributed by atoms with Gasteiger partial charge in [0, 0.05) is 39.1 Å². The van der Waals surface area contributed by atoms with E-state index >= 15 is 0 Å². The predicted molar refractivity (Wildman–Crippen MR) is 82.0 cm³/mol. The molecular weight excluding hydrogens is 527 g/mol. The second-order valence-electron chi connectivity index (χ2n) is 6.26. The topological polar surface area (TPSA) is 151 Å². The van der Waals surface area contributed by atoms with Crippen molar-refractivity contribution in [1.82, 2.24) is 9.55 Å². The average Bonchev–Trinajstić information content (AvgIpc) is 2.55. The monoisotopic (exact) mass is 547 g/mol. The van der Waals surface area contributed by atoms with E-state index in [1.54, 1.807) is 6.92 Å². The van der Waals surface area contributed by atoms with Gasteiger partial charge in [-0.2, -0.15) is 6.92 Å². The van der Waals surface area contributed by atoms with E-state index in [0.717, 1.165) is 10.6 Å². The minimum Gasteiger partial charge on any atom is -0.419 e. The molecule has 0 aromatic carbocycles. The van der Waals surface area contributed by atoms with Gasteiger partial charge >= 0.3 is 13.5 Å². The number of nitrogens with zero attached hydrogens (tertiary/aromatic N) is 1. The molecule has 1 aromatic rings. The molecule has 1 aliphatic heterocycles. The maximum absolute atomic E-state index is 12.1. The van der Waals surface area contributed by atoms with Gasteiger partial charge in [0.05, 0.1) is 12.2 Å². The van der Waals surface area contributed by atoms with E-state index in [-0.39, 0.29) is 21.1 Å². The summed E-state index contributed by atoms with van der Waals surface area (Å²) >= 11 is 0. The molecule has 1 aliphatic rings. The van der Waals surface area contributed by atoms with Crippen molar-refractivity contribution in [1.29, 1.82) is 0 Å². The van der Waals surface area contributed by atoms with E-state index in [4.69, 9.17) is 14.5 Å². The molecule has 2 rings (SSSR count). The first-order chi connectivity index (χ1) is 10.7. The van der Waals surface area contributed by atoms with Crippen LogP contribution in [0.4, 0.5) is 0 Å². The van der Waals surface area contributed by atoms with Crippen LogP contribution in [-0.4, -0.2) is 42.3 Å². The SMILES string of the molecule is C[C-]1C(C)(n2ccc(=O)[nH]c2=O)OC(C)(COP(=O)(O)O)C1(C)O.[W]. The Labute approximate surface area is 157 Å². The quantitative estimate of drug-likeness (QED) is 0.290. The number of aromatic amines is 1. The van der Waals surface area contributed by atoms with Gasteiger partial charge in [-0.1, -0.05) is 6.92 Å². The van der Waals surface area contributed by atoms with E-state index in [9.17, 15) is 19.3 Å². The van der Waals surface area contributed by atoms with Crippen molar-refractivity contribution in [3.8, 4) is 0 Å². The van der Waals surface area contributed by atoms with E-state index in [1.807, 2.05) is 0 Å². The fraction of sp³-hybridized carbons (Fsp3) is 0.615. The maximum atomic E-state index is 12.1. The van der Waals surface area contributed by atoms with Crippen molar-refractivity contribution in [2.24, 2.45) is 0 Å². The van der Waals surface area contributed by atoms with Crippen LogP contribution in [0.25, 0.3) is 0 Å². The van der Waals surface area contributed by atoms with Crippen molar-refractivity contribution >= 4 is 7.82 Å². The third-order valence-corrected chi connectivity index (χ3v) is 5.14. The predicted octanol–water partition coefficient (Wildman–Crippen LogP) is -0.550. The zero-order chi connectivity index (χ0) is 18.6. The van der Waals surface area contributed by atoms with Gasteiger partial charge in [-0.25, -0.2) is 15.3 Å². The van der Waals surface area contributed by atoms with Crippen molar-refractivity contribution in [3.05, 3.63) is 39.0 Å². The molecule has 3 unspecified atom stereocenters. The Morgan fingerprint density at radius 2 is 1.92 bits per heavy atom. The number of hydrogen-bond acceptors (Lipinski definition) is 6. The summed E-state index contributed by atoms with van der Waals surface area (Å²) in [5, 5.41) is 10.8. The fourth-order valence-electron chi connectivity index (χ4n) is 2.82. The number of phosphoric acid groups is 1. The molecule has 0 aliphatic carbocycles. The first-order valence-corrected chi connectivity index (χ1v) is 8.56. The first kappa shape index (κ1) is 22.4. The smallest absolute Gasteiger partial charge is 0.419 e. The Kier molecular flexibility index (Phi) is 6.15. The van der Waals surface area contributed by atoms with Gasteiger partial charge in [-0.05, 0) is 19.4 Å². The summed E-state index contributed by atoms with van der Waals surface area (Å²) < 4.78 is 22.4. The molecule has 10 nitrogen and oxygen atoms in total. The maximum Gasteiger partial charge on any atom is 0.469 e. The molecule has 25 heavy (non-hydrogen) atoms. The molecule has 2 heterocycles. The van der Waals surface area contributed by atoms with Crippen LogP contribution in [0.1, 0.15) is 27.7 Å². The van der Waals surface area contributed by atoms with Crippen molar-refractivity contribution < 1.29 is 49.8 Å². The van der Waals surface area contributed by atoms with Gasteiger partial charge < -0.3 is 19.6 Å². The van der Waals surface area contributed by atoms with Gasteiger partial charge in [0.1, 0.15) is 0 Å². The van der Waals surface area contributed by atoms with E-state index in [1.165, 1.54) is 27.0 Å². The van der Waals surface area contributed by atoms with Crippen molar-refractivity contribution in [2.45, 2.75) is 44.6 Å². The molecule has 0 bridgehead atoms. The summed E-state index contributed by atoms with van der Waals surface area (Å²) in [4.78, 5) is 43.2. The molecule has 12 heteroatoms. The van der Waals surface area contributed by atoms with Crippen molar-refractivity contribution in [2.75, 3.05) is 6.61 Å². The van der Waals surface area contributed by atoms with Crippen LogP contribution >= 0.6 is 7.82 Å². The number of aromatic nitrogens is 2. The third kappa shape index (κ3) is 3.90. The van der Waals surface area contributed by atoms with Crippen LogP contribution in [0, 0.1) is 5.92 Å². The third-order valence-electron chi connectivity index (χ3n) is 4.67.